The summed E-state index contributed by atoms with van der Waals surface area (Å²) in [6, 6.07) is 4.14. The third kappa shape index (κ3) is 7.84. The number of aromatic nitrogens is 1. The summed E-state index contributed by atoms with van der Waals surface area (Å²) in [7, 11) is 0. The summed E-state index contributed by atoms with van der Waals surface area (Å²) in [5.41, 5.74) is 1.93. The van der Waals surface area contributed by atoms with Crippen LogP contribution in [-0.2, 0) is 0 Å². The van der Waals surface area contributed by atoms with Crippen molar-refractivity contribution in [2.45, 2.75) is 104 Å². The Bertz CT molecular complexity index is 658. The Hall–Kier alpha value is -1.73. The number of rotatable bonds is 6. The van der Waals surface area contributed by atoms with E-state index in [0.717, 1.165) is 23.1 Å². The Morgan fingerprint density at radius 1 is 0.733 bits per heavy atom. The molecule has 1 aromatic heterocycles. The molecule has 0 aromatic carbocycles. The first-order valence-corrected chi connectivity index (χ1v) is 12.8. The van der Waals surface area contributed by atoms with Crippen molar-refractivity contribution in [2.24, 2.45) is 23.7 Å². The molecular weight excluding hydrogens is 362 g/mol. The van der Waals surface area contributed by atoms with Crippen molar-refractivity contribution in [2.75, 3.05) is 0 Å². The molecule has 2 aliphatic carbocycles. The molecule has 3 rings (SSSR count). The molecule has 0 bridgehead atoms. The van der Waals surface area contributed by atoms with Gasteiger partial charge in [0.25, 0.3) is 0 Å². The summed E-state index contributed by atoms with van der Waals surface area (Å²) < 4.78 is 0. The van der Waals surface area contributed by atoms with Crippen LogP contribution in [0.5, 0.6) is 0 Å². The summed E-state index contributed by atoms with van der Waals surface area (Å²) in [5, 5.41) is 0. The molecule has 1 nitrogen and oxygen atoms in total. The van der Waals surface area contributed by atoms with E-state index in [0.29, 0.717) is 11.8 Å². The van der Waals surface area contributed by atoms with E-state index < -0.39 is 0 Å². The third-order valence-corrected chi connectivity index (χ3v) is 7.21. The molecule has 2 saturated carbocycles. The van der Waals surface area contributed by atoms with Crippen molar-refractivity contribution in [1.29, 1.82) is 0 Å². The van der Waals surface area contributed by atoms with E-state index in [-0.39, 0.29) is 0 Å². The topological polar surface area (TPSA) is 12.9 Å². The lowest BCUT2D eigenvalue weighted by Gasteiger charge is -2.25. The first-order chi connectivity index (χ1) is 14.8. The van der Waals surface area contributed by atoms with Gasteiger partial charge in [0.05, 0.1) is 0 Å². The molecule has 0 unspecified atom stereocenters. The van der Waals surface area contributed by atoms with Crippen LogP contribution in [0.3, 0.4) is 0 Å². The molecule has 0 amide bonds. The fraction of sp³-hybridized carbons (Fsp3) is 0.690. The van der Waals surface area contributed by atoms with Gasteiger partial charge < -0.3 is 0 Å². The molecule has 0 saturated heterocycles. The molecular formula is C29H41N. The van der Waals surface area contributed by atoms with Crippen molar-refractivity contribution in [3.8, 4) is 23.7 Å². The van der Waals surface area contributed by atoms with Crippen LogP contribution in [-0.4, -0.2) is 4.98 Å². The van der Waals surface area contributed by atoms with Gasteiger partial charge in [0.2, 0.25) is 0 Å². The number of hydrogen-bond acceptors (Lipinski definition) is 1. The molecule has 1 heteroatoms. The van der Waals surface area contributed by atoms with Crippen LogP contribution >= 0.6 is 0 Å². The second-order valence-electron chi connectivity index (χ2n) is 9.69. The maximum Gasteiger partial charge on any atom is 0.113 e. The Balaban J connectivity index is 1.42. The minimum atomic E-state index is 0.566. The second-order valence-corrected chi connectivity index (χ2v) is 9.69. The van der Waals surface area contributed by atoms with Gasteiger partial charge in [-0.1, -0.05) is 70.1 Å². The minimum Gasteiger partial charge on any atom is -0.246 e. The molecule has 1 heterocycles. The number of hydrogen-bond donors (Lipinski definition) is 0. The van der Waals surface area contributed by atoms with Gasteiger partial charge in [-0.3, -0.25) is 0 Å². The predicted octanol–water partition coefficient (Wildman–Crippen LogP) is 7.78. The molecule has 0 radical (unpaired) electrons. The van der Waals surface area contributed by atoms with E-state index in [1.807, 2.05) is 12.3 Å². The summed E-state index contributed by atoms with van der Waals surface area (Å²) >= 11 is 0. The van der Waals surface area contributed by atoms with Crippen LogP contribution in [0.25, 0.3) is 0 Å². The highest BCUT2D eigenvalue weighted by molar-refractivity contribution is 5.37. The van der Waals surface area contributed by atoms with E-state index >= 15 is 0 Å². The van der Waals surface area contributed by atoms with Crippen LogP contribution < -0.4 is 0 Å². The monoisotopic (exact) mass is 403 g/mol. The maximum atomic E-state index is 4.55. The molecule has 2 aliphatic rings. The van der Waals surface area contributed by atoms with Gasteiger partial charge >= 0.3 is 0 Å². The number of pyridine rings is 1. The van der Waals surface area contributed by atoms with Crippen molar-refractivity contribution in [3.63, 3.8) is 0 Å². The Morgan fingerprint density at radius 2 is 1.27 bits per heavy atom. The Kier molecular flexibility index (Phi) is 9.83. The minimum absolute atomic E-state index is 0.566. The van der Waals surface area contributed by atoms with Gasteiger partial charge in [-0.2, -0.15) is 0 Å². The second kappa shape index (κ2) is 12.8. The molecule has 2 fully saturated rings. The van der Waals surface area contributed by atoms with Crippen LogP contribution in [0.2, 0.25) is 0 Å². The third-order valence-electron chi connectivity index (χ3n) is 7.21. The SMILES string of the molecule is CCCCC1CCC(C#Cc2ccc(C#CC3CCC(CCCC)CC3)nc2)CC1. The average molecular weight is 404 g/mol. The van der Waals surface area contributed by atoms with Gasteiger partial charge in [-0.15, -0.1) is 0 Å². The van der Waals surface area contributed by atoms with Gasteiger partial charge in [0.1, 0.15) is 5.69 Å². The van der Waals surface area contributed by atoms with Gasteiger partial charge in [0.15, 0.2) is 0 Å². The first-order valence-electron chi connectivity index (χ1n) is 12.8. The van der Waals surface area contributed by atoms with Crippen molar-refractivity contribution >= 4 is 0 Å². The Morgan fingerprint density at radius 3 is 1.73 bits per heavy atom. The smallest absolute Gasteiger partial charge is 0.113 e. The summed E-state index contributed by atoms with van der Waals surface area (Å²) in [6.45, 7) is 4.59. The molecule has 0 N–H and O–H groups in total. The van der Waals surface area contributed by atoms with E-state index in [4.69, 9.17) is 0 Å². The quantitative estimate of drug-likeness (QED) is 0.442. The highest BCUT2D eigenvalue weighted by atomic mass is 14.7. The zero-order chi connectivity index (χ0) is 21.0. The van der Waals surface area contributed by atoms with E-state index in [1.165, 1.54) is 89.9 Å². The molecule has 0 spiro atoms. The normalized spacial score (nSPS) is 26.2. The summed E-state index contributed by atoms with van der Waals surface area (Å²) in [4.78, 5) is 4.55. The average Bonchev–Trinajstić information content (AvgIpc) is 2.80. The number of unbranched alkanes of at least 4 members (excludes halogenated alkanes) is 2. The fourth-order valence-electron chi connectivity index (χ4n) is 5.08. The van der Waals surface area contributed by atoms with Gasteiger partial charge in [0, 0.05) is 23.6 Å². The standard InChI is InChI=1S/C29H41N/c1-3-5-7-24-9-13-26(14-10-24)17-18-28-20-22-29(30-23-28)21-19-27-15-11-25(12-16-27)8-6-4-2/h20,22-27H,3-16H2,1-2H3. The first kappa shape index (κ1) is 22.9. The van der Waals surface area contributed by atoms with E-state index in [1.54, 1.807) is 0 Å². The van der Waals surface area contributed by atoms with Crippen molar-refractivity contribution in [3.05, 3.63) is 29.6 Å². The molecule has 162 valence electrons. The van der Waals surface area contributed by atoms with Crippen molar-refractivity contribution in [1.82, 2.24) is 4.98 Å². The lowest BCUT2D eigenvalue weighted by Crippen LogP contribution is -2.13. The van der Waals surface area contributed by atoms with E-state index in [2.05, 4.69) is 48.6 Å². The largest absolute Gasteiger partial charge is 0.246 e. The molecule has 30 heavy (non-hydrogen) atoms. The van der Waals surface area contributed by atoms with E-state index in [9.17, 15) is 0 Å². The zero-order valence-corrected chi connectivity index (χ0v) is 19.4. The zero-order valence-electron chi connectivity index (χ0n) is 19.4. The maximum absolute atomic E-state index is 4.55. The summed E-state index contributed by atoms with van der Waals surface area (Å²) in [6.07, 6.45) is 20.7. The van der Waals surface area contributed by atoms with Crippen LogP contribution in [0.4, 0.5) is 0 Å². The molecule has 0 atom stereocenters. The molecule has 0 aliphatic heterocycles. The Labute approximate surface area is 185 Å². The van der Waals surface area contributed by atoms with Crippen LogP contribution in [0.1, 0.15) is 115 Å². The van der Waals surface area contributed by atoms with Gasteiger partial charge in [-0.05, 0) is 81.3 Å². The van der Waals surface area contributed by atoms with Crippen LogP contribution in [0.15, 0.2) is 18.3 Å². The predicted molar refractivity (Wildman–Crippen MR) is 128 cm³/mol. The highest BCUT2D eigenvalue weighted by Gasteiger charge is 2.20. The molecule has 1 aromatic rings. The number of nitrogens with zero attached hydrogens (tertiary/aromatic N) is 1. The van der Waals surface area contributed by atoms with Crippen molar-refractivity contribution < 1.29 is 0 Å². The lowest BCUT2D eigenvalue weighted by atomic mass is 9.80. The van der Waals surface area contributed by atoms with Crippen LogP contribution in [0, 0.1) is 47.4 Å². The lowest BCUT2D eigenvalue weighted by molar-refractivity contribution is 0.296. The highest BCUT2D eigenvalue weighted by Crippen LogP contribution is 2.32. The van der Waals surface area contributed by atoms with Gasteiger partial charge in [-0.25, -0.2) is 4.98 Å². The summed E-state index contributed by atoms with van der Waals surface area (Å²) in [5.74, 6) is 16.7. The fourth-order valence-corrected chi connectivity index (χ4v) is 5.08.